The van der Waals surface area contributed by atoms with Crippen molar-refractivity contribution in [1.29, 1.82) is 5.41 Å². The van der Waals surface area contributed by atoms with Gasteiger partial charge in [-0.25, -0.2) is 13.2 Å². The first-order chi connectivity index (χ1) is 24.8. The van der Waals surface area contributed by atoms with Crippen LogP contribution in [0.1, 0.15) is 49.7 Å². The molecule has 2 aliphatic heterocycles. The van der Waals surface area contributed by atoms with E-state index < -0.39 is 70.8 Å². The van der Waals surface area contributed by atoms with E-state index in [-0.39, 0.29) is 36.7 Å². The van der Waals surface area contributed by atoms with E-state index in [1.165, 1.54) is 21.9 Å². The van der Waals surface area contributed by atoms with Crippen LogP contribution in [-0.4, -0.2) is 103 Å². The van der Waals surface area contributed by atoms with Crippen molar-refractivity contribution < 1.29 is 37.5 Å². The Balaban J connectivity index is 1.29. The minimum Gasteiger partial charge on any atom is -0.480 e. The Labute approximate surface area is 301 Å². The van der Waals surface area contributed by atoms with Crippen molar-refractivity contribution in [3.05, 3.63) is 77.9 Å². The van der Waals surface area contributed by atoms with Gasteiger partial charge >= 0.3 is 5.97 Å². The van der Waals surface area contributed by atoms with Crippen molar-refractivity contribution in [2.45, 2.75) is 68.0 Å². The minimum atomic E-state index is -4.25. The normalized spacial score (nSPS) is 18.3. The summed E-state index contributed by atoms with van der Waals surface area (Å²) in [5.41, 5.74) is 6.62. The molecule has 3 aromatic rings. The lowest BCUT2D eigenvalue weighted by molar-refractivity contribution is -0.151. The molecule has 7 N–H and O–H groups in total. The van der Waals surface area contributed by atoms with Crippen LogP contribution in [0.3, 0.4) is 0 Å². The van der Waals surface area contributed by atoms with E-state index in [1.54, 1.807) is 42.5 Å². The quantitative estimate of drug-likeness (QED) is 0.109. The molecule has 0 aromatic heterocycles. The number of benzene rings is 3. The van der Waals surface area contributed by atoms with Gasteiger partial charge in [0.15, 0.2) is 0 Å². The summed E-state index contributed by atoms with van der Waals surface area (Å²) in [6.45, 7) is -0.491. The van der Waals surface area contributed by atoms with Crippen LogP contribution in [0, 0.1) is 5.41 Å². The lowest BCUT2D eigenvalue weighted by Crippen LogP contribution is -2.58. The number of nitrogen functional groups attached to an aromatic ring is 1. The number of nitrogens with one attached hydrogen (secondary N) is 4. The molecule has 3 aromatic carbocycles. The van der Waals surface area contributed by atoms with E-state index >= 15 is 0 Å². The highest BCUT2D eigenvalue weighted by Crippen LogP contribution is 2.23. The summed E-state index contributed by atoms with van der Waals surface area (Å²) in [6, 6.07) is 15.2. The zero-order valence-electron chi connectivity index (χ0n) is 28.5. The first-order valence-electron chi connectivity index (χ1n) is 17.2. The fourth-order valence-corrected chi connectivity index (χ4v) is 7.87. The van der Waals surface area contributed by atoms with Crippen LogP contribution >= 0.6 is 0 Å². The number of piperidine rings is 2. The number of likely N-dealkylation sites (tertiary alicyclic amines) is 2. The summed E-state index contributed by atoms with van der Waals surface area (Å²) < 4.78 is 30.1. The molecular weight excluding hydrogens is 691 g/mol. The number of fused-ring (bicyclic) bond motifs is 1. The maximum absolute atomic E-state index is 14.3. The van der Waals surface area contributed by atoms with Gasteiger partial charge in [0.05, 0.1) is 18.0 Å². The maximum Gasteiger partial charge on any atom is 0.326 e. The molecule has 2 aliphatic rings. The van der Waals surface area contributed by atoms with E-state index in [2.05, 4.69) is 15.4 Å². The Morgan fingerprint density at radius 1 is 0.827 bits per heavy atom. The summed E-state index contributed by atoms with van der Waals surface area (Å²) in [4.78, 5) is 67.1. The number of carboxylic acids is 1. The van der Waals surface area contributed by atoms with Crippen LogP contribution in [0.2, 0.25) is 0 Å². The third kappa shape index (κ3) is 9.30. The highest BCUT2D eigenvalue weighted by atomic mass is 32.2. The molecule has 16 heteroatoms. The molecule has 3 atom stereocenters. The van der Waals surface area contributed by atoms with Gasteiger partial charge in [-0.05, 0) is 79.5 Å². The van der Waals surface area contributed by atoms with Crippen LogP contribution < -0.4 is 21.1 Å². The zero-order valence-corrected chi connectivity index (χ0v) is 29.4. The number of hydrogen-bond donors (Lipinski definition) is 6. The molecular formula is C36H43N7O8S. The van der Waals surface area contributed by atoms with Crippen LogP contribution in [-0.2, 0) is 40.4 Å². The summed E-state index contributed by atoms with van der Waals surface area (Å²) in [5, 5.41) is 23.7. The fourth-order valence-electron chi connectivity index (χ4n) is 6.65. The molecule has 2 unspecified atom stereocenters. The lowest BCUT2D eigenvalue weighted by Gasteiger charge is -2.37. The summed E-state index contributed by atoms with van der Waals surface area (Å²) >= 11 is 0. The first kappa shape index (κ1) is 37.9. The number of rotatable bonds is 13. The number of sulfonamides is 1. The fraction of sp³-hybridized carbons (Fsp3) is 0.389. The second-order valence-corrected chi connectivity index (χ2v) is 14.7. The van der Waals surface area contributed by atoms with Gasteiger partial charge in [-0.3, -0.25) is 24.6 Å². The predicted octanol–water partition coefficient (Wildman–Crippen LogP) is 1.09. The van der Waals surface area contributed by atoms with E-state index in [0.29, 0.717) is 48.6 Å². The van der Waals surface area contributed by atoms with E-state index in [1.807, 2.05) is 12.1 Å². The van der Waals surface area contributed by atoms with Gasteiger partial charge in [-0.15, -0.1) is 0 Å². The zero-order chi connectivity index (χ0) is 37.4. The Bertz CT molecular complexity index is 1970. The molecule has 276 valence electrons. The number of nitrogens with two attached hydrogens (primary N) is 1. The van der Waals surface area contributed by atoms with Crippen LogP contribution in [0.15, 0.2) is 71.6 Å². The van der Waals surface area contributed by atoms with Crippen molar-refractivity contribution in [3.8, 4) is 0 Å². The number of amidine groups is 1. The van der Waals surface area contributed by atoms with Gasteiger partial charge in [0, 0.05) is 18.7 Å². The van der Waals surface area contributed by atoms with E-state index in [4.69, 9.17) is 11.1 Å². The highest BCUT2D eigenvalue weighted by molar-refractivity contribution is 7.89. The van der Waals surface area contributed by atoms with Crippen molar-refractivity contribution in [2.75, 3.05) is 26.2 Å². The van der Waals surface area contributed by atoms with Crippen molar-refractivity contribution in [1.82, 2.24) is 25.2 Å². The maximum atomic E-state index is 14.3. The van der Waals surface area contributed by atoms with Crippen LogP contribution in [0.5, 0.6) is 0 Å². The largest absolute Gasteiger partial charge is 0.480 e. The second-order valence-electron chi connectivity index (χ2n) is 13.0. The average molecular weight is 734 g/mol. The van der Waals surface area contributed by atoms with Gasteiger partial charge in [0.2, 0.25) is 33.7 Å². The molecule has 2 fully saturated rings. The van der Waals surface area contributed by atoms with Gasteiger partial charge in [-0.1, -0.05) is 48.5 Å². The van der Waals surface area contributed by atoms with E-state index in [0.717, 1.165) is 5.39 Å². The average Bonchev–Trinajstić information content (AvgIpc) is 3.15. The molecule has 0 saturated carbocycles. The molecule has 5 rings (SSSR count). The van der Waals surface area contributed by atoms with Gasteiger partial charge in [-0.2, -0.15) is 4.72 Å². The molecule has 52 heavy (non-hydrogen) atoms. The number of carbonyl (C=O) groups is 5. The molecule has 2 heterocycles. The Morgan fingerprint density at radius 2 is 1.52 bits per heavy atom. The van der Waals surface area contributed by atoms with Gasteiger partial charge in [0.1, 0.15) is 24.0 Å². The molecule has 15 nitrogen and oxygen atoms in total. The number of carbonyl (C=O) groups excluding carboxylic acids is 4. The third-order valence-corrected chi connectivity index (χ3v) is 10.8. The van der Waals surface area contributed by atoms with Crippen LogP contribution in [0.4, 0.5) is 0 Å². The van der Waals surface area contributed by atoms with Crippen molar-refractivity contribution >= 4 is 56.2 Å². The Hall–Kier alpha value is -5.35. The number of hydrogen-bond acceptors (Lipinski definition) is 8. The number of nitrogens with zero attached hydrogens (tertiary/aromatic N) is 2. The summed E-state index contributed by atoms with van der Waals surface area (Å²) in [7, 11) is -4.25. The molecule has 0 spiro atoms. The topological polar surface area (TPSA) is 232 Å². The molecule has 0 aliphatic carbocycles. The third-order valence-electron chi connectivity index (χ3n) is 9.36. The number of aliphatic carboxylic acids is 1. The highest BCUT2D eigenvalue weighted by Gasteiger charge is 2.38. The van der Waals surface area contributed by atoms with Crippen molar-refractivity contribution in [3.63, 3.8) is 0 Å². The Kier molecular flexibility index (Phi) is 12.2. The van der Waals surface area contributed by atoms with E-state index in [9.17, 15) is 37.5 Å². The monoisotopic (exact) mass is 733 g/mol. The number of carboxylic acid groups (broad SMARTS) is 1. The molecule has 2 saturated heterocycles. The standard InChI is InChI=1S/C36H43N7O8S/c37-33(38)26-11-7-8-23(18-26)19-28(41-52(50,51)27-15-14-24-9-1-2-10-25(24)20-27)35(47)43-17-6-3-12-29(43)34(46)40-21-31(44)39-22-32(45)42-16-5-4-13-30(42)36(48)49/h1-2,7-11,14-15,18,20,28-30,41H,3-6,12-13,16-17,19,21-22H2,(H3,37,38)(H,39,44)(H,40,46)(H,48,49)/t28-,29?,30?/m0/s1. The van der Waals surface area contributed by atoms with Gasteiger partial charge < -0.3 is 31.3 Å². The van der Waals surface area contributed by atoms with Gasteiger partial charge in [0.25, 0.3) is 0 Å². The second kappa shape index (κ2) is 16.8. The predicted molar refractivity (Wildman–Crippen MR) is 192 cm³/mol. The number of amides is 4. The summed E-state index contributed by atoms with van der Waals surface area (Å²) in [5.74, 6) is -3.77. The minimum absolute atomic E-state index is 0.0438. The smallest absolute Gasteiger partial charge is 0.326 e. The van der Waals surface area contributed by atoms with Crippen LogP contribution in [0.25, 0.3) is 10.8 Å². The molecule has 4 amide bonds. The molecule has 0 radical (unpaired) electrons. The summed E-state index contributed by atoms with van der Waals surface area (Å²) in [6.07, 6.45) is 3.02. The Morgan fingerprint density at radius 3 is 2.23 bits per heavy atom. The SMILES string of the molecule is N=C(N)c1cccc(C[C@H](NS(=O)(=O)c2ccc3ccccc3c2)C(=O)N2CCCCC2C(=O)NCC(=O)NCC(=O)N2CCCCC2C(=O)O)c1. The molecule has 0 bridgehead atoms. The lowest BCUT2D eigenvalue weighted by atomic mass is 9.98. The first-order valence-corrected chi connectivity index (χ1v) is 18.6. The van der Waals surface area contributed by atoms with Crippen molar-refractivity contribution in [2.24, 2.45) is 5.73 Å².